The van der Waals surface area contributed by atoms with Crippen LogP contribution in [0.4, 0.5) is 13.2 Å². The number of rotatable bonds is 6. The van der Waals surface area contributed by atoms with Crippen LogP contribution in [0, 0.1) is 17.5 Å². The van der Waals surface area contributed by atoms with Gasteiger partial charge in [0.1, 0.15) is 17.5 Å². The predicted octanol–water partition coefficient (Wildman–Crippen LogP) is 4.47. The largest absolute Gasteiger partial charge is 0.314 e. The first kappa shape index (κ1) is 22.5. The zero-order chi connectivity index (χ0) is 15.2. The second kappa shape index (κ2) is 11.1. The molecule has 1 atom stereocenters. The lowest BCUT2D eigenvalue weighted by Crippen LogP contribution is -2.45. The molecule has 0 radical (unpaired) electrons. The zero-order valence-corrected chi connectivity index (χ0v) is 14.9. The second-order valence-corrected chi connectivity index (χ2v) is 5.58. The van der Waals surface area contributed by atoms with Crippen molar-refractivity contribution in [1.29, 1.82) is 0 Å². The Balaban J connectivity index is 0.00000242. The van der Waals surface area contributed by atoms with Gasteiger partial charge >= 0.3 is 0 Å². The summed E-state index contributed by atoms with van der Waals surface area (Å²) in [5, 5.41) is 3.24. The molecule has 0 aliphatic carbocycles. The fourth-order valence-corrected chi connectivity index (χ4v) is 2.96. The van der Waals surface area contributed by atoms with Gasteiger partial charge < -0.3 is 5.32 Å². The summed E-state index contributed by atoms with van der Waals surface area (Å²) < 4.78 is 41.3. The molecule has 0 unspecified atom stereocenters. The van der Waals surface area contributed by atoms with Crippen LogP contribution in [0.1, 0.15) is 44.2 Å². The fourth-order valence-electron chi connectivity index (χ4n) is 2.96. The third kappa shape index (κ3) is 6.14. The monoisotopic (exact) mass is 372 g/mol. The number of hydrogen-bond acceptors (Lipinski definition) is 2. The van der Waals surface area contributed by atoms with Gasteiger partial charge in [0.05, 0.1) is 0 Å². The molecule has 7 heteroatoms. The van der Waals surface area contributed by atoms with E-state index < -0.39 is 17.5 Å². The van der Waals surface area contributed by atoms with Gasteiger partial charge in [0.25, 0.3) is 0 Å². The number of piperazine rings is 1. The molecule has 0 bridgehead atoms. The highest BCUT2D eigenvalue weighted by molar-refractivity contribution is 5.85. The summed E-state index contributed by atoms with van der Waals surface area (Å²) in [7, 11) is 0. The van der Waals surface area contributed by atoms with E-state index in [0.717, 1.165) is 57.6 Å². The van der Waals surface area contributed by atoms with Crippen molar-refractivity contribution >= 4 is 24.8 Å². The molecule has 23 heavy (non-hydrogen) atoms. The zero-order valence-electron chi connectivity index (χ0n) is 13.3. The van der Waals surface area contributed by atoms with Gasteiger partial charge in [-0.2, -0.15) is 0 Å². The average Bonchev–Trinajstić information content (AvgIpc) is 2.45. The molecule has 1 heterocycles. The van der Waals surface area contributed by atoms with E-state index in [0.29, 0.717) is 6.42 Å². The van der Waals surface area contributed by atoms with Crippen LogP contribution in [0.2, 0.25) is 0 Å². The smallest absolute Gasteiger partial charge is 0.133 e. The summed E-state index contributed by atoms with van der Waals surface area (Å²) in [5.74, 6) is -2.40. The Labute approximate surface area is 148 Å². The van der Waals surface area contributed by atoms with Crippen molar-refractivity contribution in [3.63, 3.8) is 0 Å². The van der Waals surface area contributed by atoms with E-state index in [9.17, 15) is 13.2 Å². The van der Waals surface area contributed by atoms with Gasteiger partial charge in [-0.15, -0.1) is 24.8 Å². The van der Waals surface area contributed by atoms with E-state index in [-0.39, 0.29) is 36.4 Å². The Bertz CT molecular complexity index is 446. The molecular weight excluding hydrogens is 348 g/mol. The van der Waals surface area contributed by atoms with Crippen LogP contribution in [0.25, 0.3) is 0 Å². The molecule has 0 aromatic heterocycles. The lowest BCUT2D eigenvalue weighted by Gasteiger charge is -2.35. The quantitative estimate of drug-likeness (QED) is 0.740. The van der Waals surface area contributed by atoms with Gasteiger partial charge in [0, 0.05) is 49.9 Å². The third-order valence-electron chi connectivity index (χ3n) is 4.05. The summed E-state index contributed by atoms with van der Waals surface area (Å²) >= 11 is 0. The SMILES string of the molecule is CCCCC[C@@H](c1c(F)cc(F)cc1F)N1CCNCC1.Cl.Cl. The maximum atomic E-state index is 14.1. The summed E-state index contributed by atoms with van der Waals surface area (Å²) in [5.41, 5.74) is 0.0226. The van der Waals surface area contributed by atoms with Crippen LogP contribution < -0.4 is 5.32 Å². The van der Waals surface area contributed by atoms with Crippen LogP contribution in [-0.2, 0) is 0 Å². The third-order valence-corrected chi connectivity index (χ3v) is 4.05. The molecule has 1 N–H and O–H groups in total. The first-order valence-electron chi connectivity index (χ1n) is 7.72. The summed E-state index contributed by atoms with van der Waals surface area (Å²) in [6.45, 7) is 5.24. The standard InChI is InChI=1S/C16H23F3N2.2ClH/c1-2-3-4-5-15(21-8-6-20-7-9-21)16-13(18)10-12(17)11-14(16)19;;/h10-11,15,20H,2-9H2,1H3;2*1H/t15-;;/m0../s1. The number of hydrogen-bond donors (Lipinski definition) is 1. The van der Waals surface area contributed by atoms with Crippen molar-refractivity contribution in [2.75, 3.05) is 26.2 Å². The Hall–Kier alpha value is -0.490. The molecule has 1 saturated heterocycles. The van der Waals surface area contributed by atoms with E-state index in [1.54, 1.807) is 0 Å². The molecular formula is C16H25Cl2F3N2. The van der Waals surface area contributed by atoms with Crippen molar-refractivity contribution in [2.24, 2.45) is 0 Å². The van der Waals surface area contributed by atoms with Crippen molar-refractivity contribution < 1.29 is 13.2 Å². The maximum Gasteiger partial charge on any atom is 0.133 e. The minimum atomic E-state index is -0.860. The molecule has 0 saturated carbocycles. The topological polar surface area (TPSA) is 15.3 Å². The molecule has 2 nitrogen and oxygen atoms in total. The van der Waals surface area contributed by atoms with Gasteiger partial charge in [0.15, 0.2) is 0 Å². The van der Waals surface area contributed by atoms with Crippen molar-refractivity contribution in [2.45, 2.75) is 38.6 Å². The molecule has 2 rings (SSSR count). The molecule has 1 fully saturated rings. The van der Waals surface area contributed by atoms with E-state index in [2.05, 4.69) is 17.1 Å². The molecule has 1 aromatic rings. The van der Waals surface area contributed by atoms with Crippen molar-refractivity contribution in [1.82, 2.24) is 10.2 Å². The summed E-state index contributed by atoms with van der Waals surface area (Å²) in [6, 6.07) is 1.26. The highest BCUT2D eigenvalue weighted by atomic mass is 35.5. The number of nitrogens with one attached hydrogen (secondary N) is 1. The molecule has 0 spiro atoms. The molecule has 1 aromatic carbocycles. The average molecular weight is 373 g/mol. The summed E-state index contributed by atoms with van der Waals surface area (Å²) in [4.78, 5) is 2.10. The molecule has 0 amide bonds. The van der Waals surface area contributed by atoms with E-state index in [4.69, 9.17) is 0 Å². The normalized spacial score (nSPS) is 16.3. The molecule has 134 valence electrons. The van der Waals surface area contributed by atoms with Crippen LogP contribution >= 0.6 is 24.8 Å². The van der Waals surface area contributed by atoms with Crippen LogP contribution in [0.5, 0.6) is 0 Å². The Morgan fingerprint density at radius 1 is 1.04 bits per heavy atom. The van der Waals surface area contributed by atoms with Crippen molar-refractivity contribution in [3.8, 4) is 0 Å². The van der Waals surface area contributed by atoms with Crippen LogP contribution in [0.15, 0.2) is 12.1 Å². The fraction of sp³-hybridized carbons (Fsp3) is 0.625. The van der Waals surface area contributed by atoms with E-state index >= 15 is 0 Å². The van der Waals surface area contributed by atoms with Gasteiger partial charge in [0.2, 0.25) is 0 Å². The molecule has 1 aliphatic rings. The first-order valence-corrected chi connectivity index (χ1v) is 7.72. The summed E-state index contributed by atoms with van der Waals surface area (Å²) in [6.07, 6.45) is 3.71. The number of unbranched alkanes of at least 4 members (excludes halogenated alkanes) is 2. The van der Waals surface area contributed by atoms with Crippen molar-refractivity contribution in [3.05, 3.63) is 35.1 Å². The predicted molar refractivity (Wildman–Crippen MR) is 92.1 cm³/mol. The van der Waals surface area contributed by atoms with Gasteiger partial charge in [-0.1, -0.05) is 26.2 Å². The maximum absolute atomic E-state index is 14.1. The Morgan fingerprint density at radius 3 is 2.13 bits per heavy atom. The van der Waals surface area contributed by atoms with Gasteiger partial charge in [-0.25, -0.2) is 13.2 Å². The minimum absolute atomic E-state index is 0. The second-order valence-electron chi connectivity index (χ2n) is 5.58. The van der Waals surface area contributed by atoms with Gasteiger partial charge in [-0.05, 0) is 6.42 Å². The number of benzene rings is 1. The first-order chi connectivity index (χ1) is 10.1. The van der Waals surface area contributed by atoms with E-state index in [1.165, 1.54) is 0 Å². The molecule has 1 aliphatic heterocycles. The highest BCUT2D eigenvalue weighted by Gasteiger charge is 2.27. The van der Waals surface area contributed by atoms with Crippen LogP contribution in [0.3, 0.4) is 0 Å². The van der Waals surface area contributed by atoms with Gasteiger partial charge in [-0.3, -0.25) is 4.90 Å². The number of halogens is 5. The Morgan fingerprint density at radius 2 is 1.61 bits per heavy atom. The number of nitrogens with zero attached hydrogens (tertiary/aromatic N) is 1. The lowest BCUT2D eigenvalue weighted by molar-refractivity contribution is 0.156. The Kier molecular flexibility index (Phi) is 10.9. The lowest BCUT2D eigenvalue weighted by atomic mass is 9.97. The highest BCUT2D eigenvalue weighted by Crippen LogP contribution is 2.31. The minimum Gasteiger partial charge on any atom is -0.314 e. The van der Waals surface area contributed by atoms with Crippen LogP contribution in [-0.4, -0.2) is 31.1 Å². The van der Waals surface area contributed by atoms with E-state index in [1.807, 2.05) is 0 Å².